The third-order valence-electron chi connectivity index (χ3n) is 5.82. The maximum Gasteiger partial charge on any atom is 0.255 e. The first-order valence-electron chi connectivity index (χ1n) is 10.7. The van der Waals surface area contributed by atoms with Gasteiger partial charge < -0.3 is 10.2 Å². The number of likely N-dealkylation sites (tertiary alicyclic amines) is 1. The van der Waals surface area contributed by atoms with Crippen LogP contribution in [0.5, 0.6) is 0 Å². The van der Waals surface area contributed by atoms with Crippen molar-refractivity contribution in [2.75, 3.05) is 13.1 Å². The largest absolute Gasteiger partial charge is 0.352 e. The van der Waals surface area contributed by atoms with Gasteiger partial charge in [0.05, 0.1) is 17.5 Å². The van der Waals surface area contributed by atoms with E-state index in [0.717, 1.165) is 16.6 Å². The molecule has 0 unspecified atom stereocenters. The number of aryl methyl sites for hydroxylation is 1. The maximum absolute atomic E-state index is 13.1. The number of amides is 2. The molecule has 8 nitrogen and oxygen atoms in total. The molecule has 4 heterocycles. The number of pyridine rings is 2. The monoisotopic (exact) mass is 420 g/mol. The molecule has 0 aliphatic carbocycles. The standard InChI is InChI=1S/C23H28N6O2/c1-15(2)29-21-19(14-26-29)11-20(16(3)27-21)23(31)28-9-6-18(7-10-28)22(30)25-13-17-5-4-8-24-12-17/h4-5,8,11-12,14-15,18H,6-7,9-10,13H2,1-3H3,(H,25,30). The van der Waals surface area contributed by atoms with Crippen LogP contribution in [0.2, 0.25) is 0 Å². The average Bonchev–Trinajstić information content (AvgIpc) is 3.20. The number of aromatic nitrogens is 4. The van der Waals surface area contributed by atoms with E-state index in [1.54, 1.807) is 18.6 Å². The van der Waals surface area contributed by atoms with Crippen molar-refractivity contribution in [1.29, 1.82) is 0 Å². The molecule has 1 saturated heterocycles. The third-order valence-corrected chi connectivity index (χ3v) is 5.82. The van der Waals surface area contributed by atoms with Crippen LogP contribution in [0.3, 0.4) is 0 Å². The number of nitrogens with zero attached hydrogens (tertiary/aromatic N) is 5. The molecular formula is C23H28N6O2. The number of fused-ring (bicyclic) bond motifs is 1. The fraction of sp³-hybridized carbons (Fsp3) is 0.435. The summed E-state index contributed by atoms with van der Waals surface area (Å²) in [5.41, 5.74) is 3.09. The Hall–Kier alpha value is -3.29. The van der Waals surface area contributed by atoms with Crippen molar-refractivity contribution in [3.05, 3.63) is 53.6 Å². The molecule has 162 valence electrons. The second-order valence-electron chi connectivity index (χ2n) is 8.36. The average molecular weight is 421 g/mol. The summed E-state index contributed by atoms with van der Waals surface area (Å²) >= 11 is 0. The van der Waals surface area contributed by atoms with E-state index in [4.69, 9.17) is 0 Å². The van der Waals surface area contributed by atoms with Crippen LogP contribution in [-0.4, -0.2) is 49.6 Å². The summed E-state index contributed by atoms with van der Waals surface area (Å²) in [5, 5.41) is 8.25. The van der Waals surface area contributed by atoms with E-state index in [2.05, 4.69) is 34.2 Å². The Balaban J connectivity index is 1.38. The highest BCUT2D eigenvalue weighted by Crippen LogP contribution is 2.23. The van der Waals surface area contributed by atoms with E-state index >= 15 is 0 Å². The van der Waals surface area contributed by atoms with Crippen molar-refractivity contribution in [3.63, 3.8) is 0 Å². The lowest BCUT2D eigenvalue weighted by Gasteiger charge is -2.31. The minimum Gasteiger partial charge on any atom is -0.352 e. The summed E-state index contributed by atoms with van der Waals surface area (Å²) in [6.45, 7) is 7.57. The van der Waals surface area contributed by atoms with Crippen molar-refractivity contribution in [2.24, 2.45) is 5.92 Å². The fourth-order valence-electron chi connectivity index (χ4n) is 4.01. The van der Waals surface area contributed by atoms with Gasteiger partial charge >= 0.3 is 0 Å². The molecular weight excluding hydrogens is 392 g/mol. The highest BCUT2D eigenvalue weighted by Gasteiger charge is 2.29. The van der Waals surface area contributed by atoms with Crippen LogP contribution in [-0.2, 0) is 11.3 Å². The Morgan fingerprint density at radius 1 is 1.23 bits per heavy atom. The molecule has 0 spiro atoms. The van der Waals surface area contributed by atoms with Crippen LogP contribution in [0.1, 0.15) is 54.3 Å². The van der Waals surface area contributed by atoms with Gasteiger partial charge in [-0.1, -0.05) is 6.07 Å². The quantitative estimate of drug-likeness (QED) is 0.685. The zero-order valence-electron chi connectivity index (χ0n) is 18.2. The summed E-state index contributed by atoms with van der Waals surface area (Å²) < 4.78 is 1.87. The van der Waals surface area contributed by atoms with Gasteiger partial charge in [0.25, 0.3) is 5.91 Å². The molecule has 2 amide bonds. The van der Waals surface area contributed by atoms with Crippen molar-refractivity contribution in [3.8, 4) is 0 Å². The zero-order chi connectivity index (χ0) is 22.0. The lowest BCUT2D eigenvalue weighted by atomic mass is 9.95. The van der Waals surface area contributed by atoms with E-state index in [1.165, 1.54) is 0 Å². The van der Waals surface area contributed by atoms with Gasteiger partial charge in [0.15, 0.2) is 5.65 Å². The van der Waals surface area contributed by atoms with E-state index in [1.807, 2.05) is 34.7 Å². The first-order valence-corrected chi connectivity index (χ1v) is 10.7. The zero-order valence-corrected chi connectivity index (χ0v) is 18.2. The smallest absolute Gasteiger partial charge is 0.255 e. The molecule has 0 bridgehead atoms. The number of nitrogens with one attached hydrogen (secondary N) is 1. The molecule has 1 fully saturated rings. The number of rotatable bonds is 5. The lowest BCUT2D eigenvalue weighted by molar-refractivity contribution is -0.126. The second-order valence-corrected chi connectivity index (χ2v) is 8.36. The normalized spacial score (nSPS) is 14.9. The molecule has 0 radical (unpaired) electrons. The van der Waals surface area contributed by atoms with Gasteiger partial charge in [0.1, 0.15) is 0 Å². The van der Waals surface area contributed by atoms with E-state index < -0.39 is 0 Å². The Morgan fingerprint density at radius 3 is 2.68 bits per heavy atom. The molecule has 0 atom stereocenters. The summed E-state index contributed by atoms with van der Waals surface area (Å²) in [6, 6.07) is 5.88. The Labute approximate surface area is 181 Å². The van der Waals surface area contributed by atoms with Crippen LogP contribution in [0, 0.1) is 12.8 Å². The van der Waals surface area contributed by atoms with Crippen LogP contribution in [0.4, 0.5) is 0 Å². The van der Waals surface area contributed by atoms with E-state index in [-0.39, 0.29) is 23.8 Å². The fourth-order valence-corrected chi connectivity index (χ4v) is 4.01. The third kappa shape index (κ3) is 4.42. The van der Waals surface area contributed by atoms with Crippen molar-refractivity contribution in [1.82, 2.24) is 30.0 Å². The highest BCUT2D eigenvalue weighted by molar-refractivity contribution is 5.98. The van der Waals surface area contributed by atoms with Gasteiger partial charge in [0, 0.05) is 49.4 Å². The van der Waals surface area contributed by atoms with E-state index in [9.17, 15) is 9.59 Å². The maximum atomic E-state index is 13.1. The Morgan fingerprint density at radius 2 is 2.00 bits per heavy atom. The van der Waals surface area contributed by atoms with E-state index in [0.29, 0.717) is 43.7 Å². The molecule has 31 heavy (non-hydrogen) atoms. The number of carbonyl (C=O) groups is 2. The lowest BCUT2D eigenvalue weighted by Crippen LogP contribution is -2.43. The summed E-state index contributed by atoms with van der Waals surface area (Å²) in [6.07, 6.45) is 6.54. The summed E-state index contributed by atoms with van der Waals surface area (Å²) in [5.74, 6) is -0.0681. The van der Waals surface area contributed by atoms with Crippen LogP contribution in [0.25, 0.3) is 11.0 Å². The number of hydrogen-bond acceptors (Lipinski definition) is 5. The molecule has 8 heteroatoms. The molecule has 1 aliphatic rings. The van der Waals surface area contributed by atoms with Crippen molar-refractivity contribution in [2.45, 2.75) is 46.2 Å². The molecule has 3 aromatic heterocycles. The van der Waals surface area contributed by atoms with Crippen molar-refractivity contribution >= 4 is 22.8 Å². The summed E-state index contributed by atoms with van der Waals surface area (Å²) in [7, 11) is 0. The minimum absolute atomic E-state index is 0.0292. The van der Waals surface area contributed by atoms with Gasteiger partial charge in [-0.05, 0) is 51.3 Å². The molecule has 4 rings (SSSR count). The SMILES string of the molecule is Cc1nc2c(cnn2C(C)C)cc1C(=O)N1CCC(C(=O)NCc2cccnc2)CC1. The van der Waals surface area contributed by atoms with Crippen LogP contribution in [0.15, 0.2) is 36.8 Å². The first-order chi connectivity index (χ1) is 14.9. The number of hydrogen-bond donors (Lipinski definition) is 1. The number of piperidine rings is 1. The molecule has 3 aromatic rings. The Kier molecular flexibility index (Phi) is 5.97. The van der Waals surface area contributed by atoms with Gasteiger partial charge in [-0.2, -0.15) is 5.10 Å². The first kappa shape index (κ1) is 21.0. The van der Waals surface area contributed by atoms with Gasteiger partial charge in [-0.25, -0.2) is 9.67 Å². The van der Waals surface area contributed by atoms with Gasteiger partial charge in [-0.3, -0.25) is 14.6 Å². The summed E-state index contributed by atoms with van der Waals surface area (Å²) in [4.78, 5) is 36.2. The predicted molar refractivity (Wildman–Crippen MR) is 117 cm³/mol. The van der Waals surface area contributed by atoms with Gasteiger partial charge in [-0.15, -0.1) is 0 Å². The van der Waals surface area contributed by atoms with Crippen LogP contribution >= 0.6 is 0 Å². The highest BCUT2D eigenvalue weighted by atomic mass is 16.2. The van der Waals surface area contributed by atoms with Crippen LogP contribution < -0.4 is 5.32 Å². The Bertz CT molecular complexity index is 1080. The van der Waals surface area contributed by atoms with Gasteiger partial charge in [0.2, 0.25) is 5.91 Å². The molecule has 0 aromatic carbocycles. The molecule has 1 aliphatic heterocycles. The number of carbonyl (C=O) groups excluding carboxylic acids is 2. The topological polar surface area (TPSA) is 93.0 Å². The predicted octanol–water partition coefficient (Wildman–Crippen LogP) is 2.88. The molecule has 1 N–H and O–H groups in total. The molecule has 0 saturated carbocycles. The minimum atomic E-state index is -0.0771. The second kappa shape index (κ2) is 8.83. The van der Waals surface area contributed by atoms with Crippen molar-refractivity contribution < 1.29 is 9.59 Å².